The number of anilines is 1. The summed E-state index contributed by atoms with van der Waals surface area (Å²) in [6.45, 7) is 6.88. The highest BCUT2D eigenvalue weighted by molar-refractivity contribution is 5.96. The first-order chi connectivity index (χ1) is 9.47. The minimum absolute atomic E-state index is 0.0219. The van der Waals surface area contributed by atoms with Gasteiger partial charge in [0.05, 0.1) is 0 Å². The highest BCUT2D eigenvalue weighted by atomic mass is 16.5. The van der Waals surface area contributed by atoms with E-state index in [4.69, 9.17) is 4.52 Å². The van der Waals surface area contributed by atoms with Crippen LogP contribution in [0.4, 0.5) is 5.82 Å². The number of aromatic nitrogens is 1. The Labute approximate surface area is 118 Å². The first-order valence-electron chi connectivity index (χ1n) is 6.96. The number of piperidine rings is 1. The van der Waals surface area contributed by atoms with Crippen LogP contribution in [0.2, 0.25) is 0 Å². The summed E-state index contributed by atoms with van der Waals surface area (Å²) in [5.74, 6) is 1.29. The van der Waals surface area contributed by atoms with Gasteiger partial charge in [-0.3, -0.25) is 14.5 Å². The first kappa shape index (κ1) is 14.6. The molecular weight excluding hydrogens is 258 g/mol. The fourth-order valence-electron chi connectivity index (χ4n) is 2.49. The van der Waals surface area contributed by atoms with Crippen molar-refractivity contribution in [1.82, 2.24) is 10.1 Å². The highest BCUT2D eigenvalue weighted by Gasteiger charge is 2.25. The molecule has 110 valence electrons. The Balaban J connectivity index is 2.04. The average Bonchev–Trinajstić information content (AvgIpc) is 2.81. The fraction of sp³-hybridized carbons (Fsp3) is 0.643. The van der Waals surface area contributed by atoms with Gasteiger partial charge in [0.1, 0.15) is 12.3 Å². The molecule has 2 heterocycles. The van der Waals surface area contributed by atoms with Gasteiger partial charge in [-0.05, 0) is 25.7 Å². The van der Waals surface area contributed by atoms with Crippen molar-refractivity contribution < 1.29 is 14.1 Å². The zero-order valence-electron chi connectivity index (χ0n) is 12.3. The van der Waals surface area contributed by atoms with E-state index >= 15 is 0 Å². The van der Waals surface area contributed by atoms with Crippen LogP contribution >= 0.6 is 0 Å². The van der Waals surface area contributed by atoms with E-state index in [-0.39, 0.29) is 18.4 Å². The largest absolute Gasteiger partial charge is 0.360 e. The van der Waals surface area contributed by atoms with Gasteiger partial charge in [-0.2, -0.15) is 0 Å². The predicted molar refractivity (Wildman–Crippen MR) is 74.2 cm³/mol. The van der Waals surface area contributed by atoms with Gasteiger partial charge >= 0.3 is 0 Å². The third kappa shape index (κ3) is 3.37. The average molecular weight is 279 g/mol. The van der Waals surface area contributed by atoms with Crippen molar-refractivity contribution in [1.29, 1.82) is 0 Å². The van der Waals surface area contributed by atoms with Gasteiger partial charge < -0.3 is 9.42 Å². The quantitative estimate of drug-likeness (QED) is 0.842. The van der Waals surface area contributed by atoms with Crippen LogP contribution in [0.3, 0.4) is 0 Å². The first-order valence-corrected chi connectivity index (χ1v) is 6.96. The van der Waals surface area contributed by atoms with Crippen molar-refractivity contribution in [3.05, 3.63) is 11.8 Å². The van der Waals surface area contributed by atoms with E-state index in [2.05, 4.69) is 12.1 Å². The monoisotopic (exact) mass is 279 g/mol. The van der Waals surface area contributed by atoms with Crippen LogP contribution in [0.15, 0.2) is 10.6 Å². The van der Waals surface area contributed by atoms with E-state index in [1.54, 1.807) is 13.0 Å². The van der Waals surface area contributed by atoms with Crippen LogP contribution in [-0.2, 0) is 9.59 Å². The summed E-state index contributed by atoms with van der Waals surface area (Å²) in [7, 11) is 0. The van der Waals surface area contributed by atoms with E-state index < -0.39 is 0 Å². The van der Waals surface area contributed by atoms with E-state index in [1.807, 2.05) is 4.90 Å². The summed E-state index contributed by atoms with van der Waals surface area (Å²) < 4.78 is 4.97. The molecule has 0 bridgehead atoms. The summed E-state index contributed by atoms with van der Waals surface area (Å²) in [5, 5.41) is 3.81. The number of rotatable bonds is 3. The normalized spacial score (nSPS) is 18.9. The van der Waals surface area contributed by atoms with E-state index in [1.165, 1.54) is 11.8 Å². The van der Waals surface area contributed by atoms with Crippen LogP contribution in [0, 0.1) is 12.8 Å². The number of carbonyl (C=O) groups is 2. The molecule has 0 spiro atoms. The second-order valence-electron chi connectivity index (χ2n) is 5.49. The summed E-state index contributed by atoms with van der Waals surface area (Å²) in [6.07, 6.45) is 2.18. The third-order valence-corrected chi connectivity index (χ3v) is 3.58. The molecule has 1 unspecified atom stereocenters. The van der Waals surface area contributed by atoms with Gasteiger partial charge in [0, 0.05) is 26.1 Å². The molecule has 1 aliphatic rings. The lowest BCUT2D eigenvalue weighted by Gasteiger charge is -2.32. The molecule has 0 aromatic carbocycles. The van der Waals surface area contributed by atoms with Gasteiger partial charge in [0.25, 0.3) is 0 Å². The Morgan fingerprint density at radius 3 is 2.85 bits per heavy atom. The Kier molecular flexibility index (Phi) is 4.42. The molecule has 6 nitrogen and oxygen atoms in total. The van der Waals surface area contributed by atoms with E-state index in [0.29, 0.717) is 17.5 Å². The minimum atomic E-state index is -0.211. The summed E-state index contributed by atoms with van der Waals surface area (Å²) in [5.41, 5.74) is 0. The van der Waals surface area contributed by atoms with Gasteiger partial charge in [-0.25, -0.2) is 0 Å². The van der Waals surface area contributed by atoms with Crippen LogP contribution < -0.4 is 4.90 Å². The molecule has 1 aliphatic heterocycles. The number of carbonyl (C=O) groups excluding carboxylic acids is 2. The predicted octanol–water partition coefficient (Wildman–Crippen LogP) is 1.59. The molecule has 1 fully saturated rings. The highest BCUT2D eigenvalue weighted by Crippen LogP contribution is 2.18. The molecule has 1 aromatic heterocycles. The lowest BCUT2D eigenvalue weighted by atomic mass is 10.0. The second kappa shape index (κ2) is 6.07. The van der Waals surface area contributed by atoms with Crippen molar-refractivity contribution in [3.8, 4) is 0 Å². The van der Waals surface area contributed by atoms with Crippen molar-refractivity contribution in [2.24, 2.45) is 5.92 Å². The fourth-order valence-corrected chi connectivity index (χ4v) is 2.49. The maximum absolute atomic E-state index is 12.3. The maximum atomic E-state index is 12.3. The minimum Gasteiger partial charge on any atom is -0.360 e. The molecular formula is C14H21N3O3. The maximum Gasteiger partial charge on any atom is 0.242 e. The molecule has 1 aromatic rings. The number of likely N-dealkylation sites (tertiary alicyclic amines) is 1. The van der Waals surface area contributed by atoms with E-state index in [9.17, 15) is 9.59 Å². The number of hydrogen-bond donors (Lipinski definition) is 0. The number of amides is 2. The molecule has 0 aliphatic carbocycles. The number of nitrogens with zero attached hydrogens (tertiary/aromatic N) is 3. The zero-order chi connectivity index (χ0) is 14.7. The van der Waals surface area contributed by atoms with Gasteiger partial charge in [-0.15, -0.1) is 0 Å². The van der Waals surface area contributed by atoms with Crippen molar-refractivity contribution in [2.75, 3.05) is 24.5 Å². The van der Waals surface area contributed by atoms with Crippen LogP contribution in [0.25, 0.3) is 0 Å². The van der Waals surface area contributed by atoms with Crippen molar-refractivity contribution >= 4 is 17.6 Å². The third-order valence-electron chi connectivity index (χ3n) is 3.58. The number of aryl methyl sites for hydroxylation is 1. The second-order valence-corrected chi connectivity index (χ2v) is 5.49. The van der Waals surface area contributed by atoms with Gasteiger partial charge in [0.2, 0.25) is 11.8 Å². The lowest BCUT2D eigenvalue weighted by Crippen LogP contribution is -2.46. The van der Waals surface area contributed by atoms with Gasteiger partial charge in [-0.1, -0.05) is 12.1 Å². The Bertz CT molecular complexity index is 498. The number of hydrogen-bond acceptors (Lipinski definition) is 4. The molecule has 2 amide bonds. The summed E-state index contributed by atoms with van der Waals surface area (Å²) in [4.78, 5) is 27.2. The van der Waals surface area contributed by atoms with Gasteiger partial charge in [0.15, 0.2) is 5.82 Å². The molecule has 0 N–H and O–H groups in total. The summed E-state index contributed by atoms with van der Waals surface area (Å²) in [6, 6.07) is 1.66. The molecule has 1 saturated heterocycles. The molecule has 0 radical (unpaired) electrons. The molecule has 0 saturated carbocycles. The van der Waals surface area contributed by atoms with Crippen molar-refractivity contribution in [3.63, 3.8) is 0 Å². The molecule has 2 rings (SSSR count). The zero-order valence-corrected chi connectivity index (χ0v) is 12.3. The van der Waals surface area contributed by atoms with Crippen LogP contribution in [0.5, 0.6) is 0 Å². The topological polar surface area (TPSA) is 66.7 Å². The van der Waals surface area contributed by atoms with Crippen molar-refractivity contribution in [2.45, 2.75) is 33.6 Å². The standard InChI is InChI=1S/C14H21N3O3/c1-10-5-4-6-16(8-10)14(19)9-17(12(3)18)13-7-11(2)20-15-13/h7,10H,4-6,8-9H2,1-3H3. The Morgan fingerprint density at radius 1 is 1.55 bits per heavy atom. The smallest absolute Gasteiger partial charge is 0.242 e. The molecule has 6 heteroatoms. The van der Waals surface area contributed by atoms with Crippen LogP contribution in [0.1, 0.15) is 32.4 Å². The van der Waals surface area contributed by atoms with E-state index in [0.717, 1.165) is 25.9 Å². The SMILES string of the molecule is CC(=O)N(CC(=O)N1CCCC(C)C1)c1cc(C)on1. The molecule has 20 heavy (non-hydrogen) atoms. The lowest BCUT2D eigenvalue weighted by molar-refractivity contribution is -0.132. The Hall–Kier alpha value is -1.85. The Morgan fingerprint density at radius 2 is 2.30 bits per heavy atom. The summed E-state index contributed by atoms with van der Waals surface area (Å²) >= 11 is 0. The molecule has 1 atom stereocenters. The van der Waals surface area contributed by atoms with Crippen LogP contribution in [-0.4, -0.2) is 41.5 Å².